The Kier molecular flexibility index (Phi) is 4.81. The lowest BCUT2D eigenvalue weighted by atomic mass is 10.1. The molecule has 1 aliphatic heterocycles. The normalized spacial score (nSPS) is 16.5. The monoisotopic (exact) mass is 385 g/mol. The Labute approximate surface area is 160 Å². The van der Waals surface area contributed by atoms with E-state index in [4.69, 9.17) is 13.9 Å². The van der Waals surface area contributed by atoms with Gasteiger partial charge in [-0.15, -0.1) is 10.2 Å². The van der Waals surface area contributed by atoms with E-state index < -0.39 is 0 Å². The molecule has 1 aliphatic rings. The van der Waals surface area contributed by atoms with Gasteiger partial charge in [-0.2, -0.15) is 11.3 Å². The number of carbonyl (C=O) groups excluding carboxylic acids is 1. The lowest BCUT2D eigenvalue weighted by Crippen LogP contribution is -2.31. The van der Waals surface area contributed by atoms with Crippen molar-refractivity contribution in [2.75, 3.05) is 20.8 Å². The van der Waals surface area contributed by atoms with Crippen LogP contribution in [0.1, 0.15) is 35.1 Å². The minimum Gasteiger partial charge on any atom is -0.497 e. The molecule has 4 rings (SSSR count). The molecule has 3 heterocycles. The summed E-state index contributed by atoms with van der Waals surface area (Å²) < 4.78 is 16.5. The zero-order chi connectivity index (χ0) is 18.8. The van der Waals surface area contributed by atoms with Gasteiger partial charge in [0.15, 0.2) is 0 Å². The first-order valence-electron chi connectivity index (χ1n) is 8.60. The van der Waals surface area contributed by atoms with Crippen molar-refractivity contribution in [3.63, 3.8) is 0 Å². The largest absolute Gasteiger partial charge is 0.497 e. The molecule has 3 aromatic rings. The fourth-order valence-corrected chi connectivity index (χ4v) is 3.90. The summed E-state index contributed by atoms with van der Waals surface area (Å²) in [7, 11) is 3.12. The first kappa shape index (κ1) is 17.5. The summed E-state index contributed by atoms with van der Waals surface area (Å²) in [5, 5.41) is 12.2. The minimum atomic E-state index is -0.242. The van der Waals surface area contributed by atoms with E-state index in [1.54, 1.807) is 48.7 Å². The summed E-state index contributed by atoms with van der Waals surface area (Å²) in [5.74, 6) is 1.92. The molecule has 140 valence electrons. The molecule has 0 spiro atoms. The zero-order valence-corrected chi connectivity index (χ0v) is 15.9. The van der Waals surface area contributed by atoms with E-state index in [1.165, 1.54) is 0 Å². The highest BCUT2D eigenvalue weighted by molar-refractivity contribution is 7.08. The molecular formula is C19H19N3O4S. The van der Waals surface area contributed by atoms with Gasteiger partial charge in [-0.3, -0.25) is 4.79 Å². The second-order valence-corrected chi connectivity index (χ2v) is 6.96. The molecule has 0 radical (unpaired) electrons. The molecule has 8 heteroatoms. The second-order valence-electron chi connectivity index (χ2n) is 6.18. The summed E-state index contributed by atoms with van der Waals surface area (Å²) in [6.07, 6.45) is 1.65. The fraction of sp³-hybridized carbons (Fsp3) is 0.316. The van der Waals surface area contributed by atoms with Crippen LogP contribution < -0.4 is 9.47 Å². The van der Waals surface area contributed by atoms with E-state index >= 15 is 0 Å². The number of aromatic nitrogens is 2. The number of nitrogens with zero attached hydrogens (tertiary/aromatic N) is 3. The van der Waals surface area contributed by atoms with Crippen molar-refractivity contribution in [2.45, 2.75) is 18.9 Å². The molecule has 1 unspecified atom stereocenters. The number of hydrogen-bond acceptors (Lipinski definition) is 7. The first-order chi connectivity index (χ1) is 13.2. The Hall–Kier alpha value is -2.87. The molecule has 0 saturated carbocycles. The SMILES string of the molecule is COc1ccc(OC)c(C(=O)N2CCCC2c2nnc(-c3ccsc3)o2)c1. The van der Waals surface area contributed by atoms with Crippen molar-refractivity contribution in [1.82, 2.24) is 15.1 Å². The van der Waals surface area contributed by atoms with Gasteiger partial charge < -0.3 is 18.8 Å². The lowest BCUT2D eigenvalue weighted by molar-refractivity contribution is 0.0712. The third kappa shape index (κ3) is 3.28. The highest BCUT2D eigenvalue weighted by atomic mass is 32.1. The maximum Gasteiger partial charge on any atom is 0.258 e. The quantitative estimate of drug-likeness (QED) is 0.665. The van der Waals surface area contributed by atoms with E-state index in [0.717, 1.165) is 18.4 Å². The van der Waals surface area contributed by atoms with Crippen LogP contribution in [0.2, 0.25) is 0 Å². The van der Waals surface area contributed by atoms with Gasteiger partial charge in [0.2, 0.25) is 11.8 Å². The minimum absolute atomic E-state index is 0.136. The van der Waals surface area contributed by atoms with Gasteiger partial charge in [0, 0.05) is 17.5 Å². The number of benzene rings is 1. The number of amides is 1. The molecule has 7 nitrogen and oxygen atoms in total. The number of carbonyl (C=O) groups is 1. The van der Waals surface area contributed by atoms with Gasteiger partial charge in [-0.05, 0) is 42.5 Å². The number of ether oxygens (including phenoxy) is 2. The fourth-order valence-electron chi connectivity index (χ4n) is 3.27. The summed E-state index contributed by atoms with van der Waals surface area (Å²) in [6, 6.07) is 6.89. The molecular weight excluding hydrogens is 366 g/mol. The van der Waals surface area contributed by atoms with Gasteiger partial charge in [0.05, 0.1) is 19.8 Å². The average molecular weight is 385 g/mol. The molecule has 27 heavy (non-hydrogen) atoms. The third-order valence-corrected chi connectivity index (χ3v) is 5.33. The van der Waals surface area contributed by atoms with Crippen molar-refractivity contribution in [3.8, 4) is 23.0 Å². The molecule has 0 bridgehead atoms. The van der Waals surface area contributed by atoms with Crippen LogP contribution in [0.25, 0.3) is 11.5 Å². The van der Waals surface area contributed by atoms with Crippen molar-refractivity contribution in [3.05, 3.63) is 46.5 Å². The summed E-state index contributed by atoms with van der Waals surface area (Å²) in [5.41, 5.74) is 1.35. The van der Waals surface area contributed by atoms with Crippen LogP contribution in [-0.4, -0.2) is 41.8 Å². The molecule has 1 atom stereocenters. The molecule has 1 fully saturated rings. The van der Waals surface area contributed by atoms with Crippen LogP contribution in [0.3, 0.4) is 0 Å². The van der Waals surface area contributed by atoms with E-state index in [0.29, 0.717) is 35.4 Å². The maximum atomic E-state index is 13.2. The third-order valence-electron chi connectivity index (χ3n) is 4.64. The number of hydrogen-bond donors (Lipinski definition) is 0. The van der Waals surface area contributed by atoms with Gasteiger partial charge >= 0.3 is 0 Å². The van der Waals surface area contributed by atoms with Gasteiger partial charge in [0.25, 0.3) is 5.91 Å². The Balaban J connectivity index is 1.63. The topological polar surface area (TPSA) is 77.7 Å². The number of thiophene rings is 1. The number of rotatable bonds is 5. The van der Waals surface area contributed by atoms with Gasteiger partial charge in [-0.1, -0.05) is 0 Å². The highest BCUT2D eigenvalue weighted by Gasteiger charge is 2.35. The molecule has 1 amide bonds. The molecule has 0 N–H and O–H groups in total. The first-order valence-corrected chi connectivity index (χ1v) is 9.54. The molecule has 2 aromatic heterocycles. The Morgan fingerprint density at radius 3 is 2.89 bits per heavy atom. The van der Waals surface area contributed by atoms with Crippen molar-refractivity contribution in [1.29, 1.82) is 0 Å². The molecule has 1 saturated heterocycles. The molecule has 1 aromatic carbocycles. The van der Waals surface area contributed by atoms with E-state index in [9.17, 15) is 4.79 Å². The van der Waals surface area contributed by atoms with Gasteiger partial charge in [0.1, 0.15) is 17.5 Å². The Morgan fingerprint density at radius 2 is 2.15 bits per heavy atom. The van der Waals surface area contributed by atoms with Crippen LogP contribution >= 0.6 is 11.3 Å². The van der Waals surface area contributed by atoms with Crippen molar-refractivity contribution in [2.24, 2.45) is 0 Å². The van der Waals surface area contributed by atoms with Crippen LogP contribution in [0, 0.1) is 0 Å². The smallest absolute Gasteiger partial charge is 0.258 e. The van der Waals surface area contributed by atoms with Gasteiger partial charge in [-0.25, -0.2) is 0 Å². The number of methoxy groups -OCH3 is 2. The van der Waals surface area contributed by atoms with Crippen LogP contribution in [0.15, 0.2) is 39.4 Å². The zero-order valence-electron chi connectivity index (χ0n) is 15.0. The Bertz CT molecular complexity index is 938. The van der Waals surface area contributed by atoms with Crippen LogP contribution in [-0.2, 0) is 0 Å². The maximum absolute atomic E-state index is 13.2. The summed E-state index contributed by atoms with van der Waals surface area (Å²) in [6.45, 7) is 0.625. The van der Waals surface area contributed by atoms with E-state index in [2.05, 4.69) is 10.2 Å². The molecule has 0 aliphatic carbocycles. The summed E-state index contributed by atoms with van der Waals surface area (Å²) >= 11 is 1.57. The standard InChI is InChI=1S/C19H19N3O4S/c1-24-13-5-6-16(25-2)14(10-13)19(23)22-8-3-4-15(22)18-21-20-17(26-18)12-7-9-27-11-12/h5-7,9-11,15H,3-4,8H2,1-2H3. The predicted octanol–water partition coefficient (Wildman–Crippen LogP) is 3.79. The van der Waals surface area contributed by atoms with Crippen LogP contribution in [0.5, 0.6) is 11.5 Å². The second kappa shape index (κ2) is 7.40. The lowest BCUT2D eigenvalue weighted by Gasteiger charge is -2.23. The number of likely N-dealkylation sites (tertiary alicyclic amines) is 1. The van der Waals surface area contributed by atoms with Crippen molar-refractivity contribution >= 4 is 17.2 Å². The van der Waals surface area contributed by atoms with Crippen LogP contribution in [0.4, 0.5) is 0 Å². The Morgan fingerprint density at radius 1 is 1.26 bits per heavy atom. The van der Waals surface area contributed by atoms with E-state index in [-0.39, 0.29) is 11.9 Å². The highest BCUT2D eigenvalue weighted by Crippen LogP contribution is 2.36. The average Bonchev–Trinajstić information content (AvgIpc) is 3.46. The summed E-state index contributed by atoms with van der Waals surface area (Å²) in [4.78, 5) is 15.0. The van der Waals surface area contributed by atoms with Crippen molar-refractivity contribution < 1.29 is 18.7 Å². The van der Waals surface area contributed by atoms with E-state index in [1.807, 2.05) is 16.8 Å². The predicted molar refractivity (Wildman–Crippen MR) is 100 cm³/mol.